The number of nitro groups is 1. The molecule has 88 valence electrons. The number of hydrogen-bond donors (Lipinski definition) is 1. The van der Waals surface area contributed by atoms with Gasteiger partial charge in [0, 0.05) is 12.6 Å². The molecule has 0 atom stereocenters. The molecule has 0 aliphatic heterocycles. The number of nitrogens with one attached hydrogen (secondary N) is 1. The highest BCUT2D eigenvalue weighted by molar-refractivity contribution is 5.55. The van der Waals surface area contributed by atoms with Gasteiger partial charge in [0.05, 0.1) is 4.92 Å². The Balaban J connectivity index is 2.16. The number of pyridine rings is 1. The summed E-state index contributed by atoms with van der Waals surface area (Å²) in [6.07, 6.45) is 3.49. The van der Waals surface area contributed by atoms with E-state index in [2.05, 4.69) is 17.2 Å². The van der Waals surface area contributed by atoms with E-state index < -0.39 is 4.92 Å². The number of hydrogen-bond acceptors (Lipinski definition) is 5. The lowest BCUT2D eigenvalue weighted by Crippen LogP contribution is -2.13. The minimum atomic E-state index is -0.556. The summed E-state index contributed by atoms with van der Waals surface area (Å²) < 4.78 is 0. The van der Waals surface area contributed by atoms with Crippen LogP contribution in [0, 0.1) is 26.9 Å². The summed E-state index contributed by atoms with van der Waals surface area (Å²) in [7, 11) is 0. The Kier molecular flexibility index (Phi) is 2.68. The molecule has 1 N–H and O–H groups in total. The van der Waals surface area contributed by atoms with Crippen LogP contribution in [0.3, 0.4) is 0 Å². The van der Waals surface area contributed by atoms with Gasteiger partial charge in [0.2, 0.25) is 0 Å². The molecule has 17 heavy (non-hydrogen) atoms. The number of aromatic nitrogens is 1. The lowest BCUT2D eigenvalue weighted by atomic mass is 10.1. The van der Waals surface area contributed by atoms with Gasteiger partial charge in [-0.1, -0.05) is 6.92 Å². The molecule has 1 fully saturated rings. The Morgan fingerprint density at radius 1 is 1.71 bits per heavy atom. The number of nitrogens with zero attached hydrogens (tertiary/aromatic N) is 3. The van der Waals surface area contributed by atoms with Gasteiger partial charge in [-0.15, -0.1) is 0 Å². The summed E-state index contributed by atoms with van der Waals surface area (Å²) in [4.78, 5) is 13.9. The van der Waals surface area contributed by atoms with Crippen LogP contribution in [0.4, 0.5) is 11.5 Å². The molecule has 6 nitrogen and oxygen atoms in total. The van der Waals surface area contributed by atoms with Gasteiger partial charge < -0.3 is 5.32 Å². The van der Waals surface area contributed by atoms with Crippen molar-refractivity contribution in [2.24, 2.45) is 5.41 Å². The van der Waals surface area contributed by atoms with Crippen molar-refractivity contribution in [3.63, 3.8) is 0 Å². The topological polar surface area (TPSA) is 91.8 Å². The van der Waals surface area contributed by atoms with Gasteiger partial charge in [0.1, 0.15) is 23.6 Å². The standard InChI is InChI=1S/C11H12N4O2/c1-11(2-3-11)7-14-10-8(5-12)4-9(6-13-10)15(16)17/h4,6H,2-3,7H2,1H3,(H,13,14). The third-order valence-electron chi connectivity index (χ3n) is 2.99. The van der Waals surface area contributed by atoms with E-state index in [0.717, 1.165) is 19.4 Å². The van der Waals surface area contributed by atoms with E-state index >= 15 is 0 Å². The normalized spacial score (nSPS) is 16.0. The summed E-state index contributed by atoms with van der Waals surface area (Å²) in [5.74, 6) is 0.422. The number of anilines is 1. The molecule has 1 aliphatic carbocycles. The molecule has 0 spiro atoms. The van der Waals surface area contributed by atoms with Crippen LogP contribution in [0.1, 0.15) is 25.3 Å². The Morgan fingerprint density at radius 3 is 2.94 bits per heavy atom. The molecule has 0 aromatic carbocycles. The van der Waals surface area contributed by atoms with Gasteiger partial charge in [0.15, 0.2) is 0 Å². The summed E-state index contributed by atoms with van der Waals surface area (Å²) in [6, 6.07) is 3.16. The monoisotopic (exact) mass is 232 g/mol. The van der Waals surface area contributed by atoms with Crippen LogP contribution in [0.5, 0.6) is 0 Å². The third-order valence-corrected chi connectivity index (χ3v) is 2.99. The highest BCUT2D eigenvalue weighted by Gasteiger charge is 2.37. The second-order valence-corrected chi connectivity index (χ2v) is 4.62. The Morgan fingerprint density at radius 2 is 2.41 bits per heavy atom. The predicted molar refractivity (Wildman–Crippen MR) is 61.4 cm³/mol. The van der Waals surface area contributed by atoms with Crippen molar-refractivity contribution in [2.45, 2.75) is 19.8 Å². The van der Waals surface area contributed by atoms with Gasteiger partial charge in [-0.25, -0.2) is 4.98 Å². The van der Waals surface area contributed by atoms with Crippen LogP contribution in [-0.4, -0.2) is 16.5 Å². The molecule has 1 aromatic heterocycles. The maximum absolute atomic E-state index is 10.5. The molecule has 1 aliphatic rings. The van der Waals surface area contributed by atoms with Gasteiger partial charge in [-0.05, 0) is 18.3 Å². The summed E-state index contributed by atoms with van der Waals surface area (Å²) >= 11 is 0. The molecule has 0 radical (unpaired) electrons. The van der Waals surface area contributed by atoms with Crippen LogP contribution in [0.2, 0.25) is 0 Å². The molecule has 1 saturated carbocycles. The summed E-state index contributed by atoms with van der Waals surface area (Å²) in [5, 5.41) is 22.5. The maximum Gasteiger partial charge on any atom is 0.289 e. The van der Waals surface area contributed by atoms with Gasteiger partial charge in [-0.2, -0.15) is 5.26 Å². The minimum absolute atomic E-state index is 0.162. The van der Waals surface area contributed by atoms with Crippen LogP contribution < -0.4 is 5.32 Å². The lowest BCUT2D eigenvalue weighted by Gasteiger charge is -2.11. The largest absolute Gasteiger partial charge is 0.368 e. The van der Waals surface area contributed by atoms with Gasteiger partial charge >= 0.3 is 0 Å². The van der Waals surface area contributed by atoms with E-state index in [9.17, 15) is 10.1 Å². The van der Waals surface area contributed by atoms with E-state index in [1.807, 2.05) is 6.07 Å². The molecule has 2 rings (SSSR count). The fraction of sp³-hybridized carbons (Fsp3) is 0.455. The molecule has 0 saturated heterocycles. The van der Waals surface area contributed by atoms with Crippen molar-refractivity contribution in [2.75, 3.05) is 11.9 Å². The Bertz CT molecular complexity index is 503. The SMILES string of the molecule is CC1(CNc2ncc([N+](=O)[O-])cc2C#N)CC1. The quantitative estimate of drug-likeness (QED) is 0.633. The first-order chi connectivity index (χ1) is 8.04. The zero-order valence-electron chi connectivity index (χ0n) is 9.43. The molecular formula is C11H12N4O2. The summed E-state index contributed by atoms with van der Waals surface area (Å²) in [5.41, 5.74) is 0.337. The van der Waals surface area contributed by atoms with Crippen molar-refractivity contribution >= 4 is 11.5 Å². The highest BCUT2D eigenvalue weighted by atomic mass is 16.6. The van der Waals surface area contributed by atoms with Gasteiger partial charge in [0.25, 0.3) is 5.69 Å². The summed E-state index contributed by atoms with van der Waals surface area (Å²) in [6.45, 7) is 2.89. The van der Waals surface area contributed by atoms with Crippen molar-refractivity contribution in [1.29, 1.82) is 5.26 Å². The average molecular weight is 232 g/mol. The van der Waals surface area contributed by atoms with Crippen molar-refractivity contribution in [3.05, 3.63) is 27.9 Å². The van der Waals surface area contributed by atoms with Crippen LogP contribution in [0.15, 0.2) is 12.3 Å². The first-order valence-corrected chi connectivity index (χ1v) is 5.32. The first-order valence-electron chi connectivity index (χ1n) is 5.32. The highest BCUT2D eigenvalue weighted by Crippen LogP contribution is 2.44. The van der Waals surface area contributed by atoms with E-state index in [1.165, 1.54) is 12.3 Å². The van der Waals surface area contributed by atoms with E-state index in [1.54, 1.807) is 0 Å². The minimum Gasteiger partial charge on any atom is -0.368 e. The zero-order valence-corrected chi connectivity index (χ0v) is 9.43. The molecule has 6 heteroatoms. The van der Waals surface area contributed by atoms with E-state index in [4.69, 9.17) is 5.26 Å². The molecule has 1 heterocycles. The molecule has 0 unspecified atom stereocenters. The molecular weight excluding hydrogens is 220 g/mol. The first kappa shape index (κ1) is 11.3. The number of rotatable bonds is 4. The Hall–Kier alpha value is -2.16. The van der Waals surface area contributed by atoms with Gasteiger partial charge in [-0.3, -0.25) is 10.1 Å². The van der Waals surface area contributed by atoms with E-state index in [-0.39, 0.29) is 16.7 Å². The van der Waals surface area contributed by atoms with Crippen LogP contribution >= 0.6 is 0 Å². The smallest absolute Gasteiger partial charge is 0.289 e. The van der Waals surface area contributed by atoms with Crippen molar-refractivity contribution in [3.8, 4) is 6.07 Å². The van der Waals surface area contributed by atoms with Crippen molar-refractivity contribution < 1.29 is 4.92 Å². The fourth-order valence-electron chi connectivity index (χ4n) is 1.47. The predicted octanol–water partition coefficient (Wildman–Crippen LogP) is 2.07. The molecule has 0 amide bonds. The fourth-order valence-corrected chi connectivity index (χ4v) is 1.47. The Labute approximate surface area is 98.4 Å². The van der Waals surface area contributed by atoms with Crippen molar-refractivity contribution in [1.82, 2.24) is 4.98 Å². The van der Waals surface area contributed by atoms with Crippen LogP contribution in [0.25, 0.3) is 0 Å². The zero-order chi connectivity index (χ0) is 12.5. The number of nitriles is 1. The maximum atomic E-state index is 10.5. The lowest BCUT2D eigenvalue weighted by molar-refractivity contribution is -0.385. The second kappa shape index (κ2) is 4.01. The third kappa shape index (κ3) is 2.50. The van der Waals surface area contributed by atoms with Crippen LogP contribution in [-0.2, 0) is 0 Å². The second-order valence-electron chi connectivity index (χ2n) is 4.62. The van der Waals surface area contributed by atoms with E-state index in [0.29, 0.717) is 5.82 Å². The average Bonchev–Trinajstić information content (AvgIpc) is 3.05. The molecule has 0 bridgehead atoms. The molecule has 1 aromatic rings.